The van der Waals surface area contributed by atoms with E-state index in [0.717, 1.165) is 26.4 Å². The molecule has 1 unspecified atom stereocenters. The predicted molar refractivity (Wildman–Crippen MR) is 82.9 cm³/mol. The molecule has 0 aromatic heterocycles. The van der Waals surface area contributed by atoms with Gasteiger partial charge in [0.15, 0.2) is 0 Å². The molecule has 0 aliphatic carbocycles. The van der Waals surface area contributed by atoms with Crippen molar-refractivity contribution in [1.29, 1.82) is 0 Å². The van der Waals surface area contributed by atoms with Crippen LogP contribution in [-0.2, 0) is 0 Å². The molecule has 0 aliphatic rings. The van der Waals surface area contributed by atoms with Crippen LogP contribution in [0.15, 0.2) is 46.9 Å². The summed E-state index contributed by atoms with van der Waals surface area (Å²) in [6, 6.07) is 13.8. The monoisotopic (exact) mass is 388 g/mol. The summed E-state index contributed by atoms with van der Waals surface area (Å²) in [5.74, 6) is 0.848. The summed E-state index contributed by atoms with van der Waals surface area (Å²) in [6.07, 6.45) is 0. The smallest absolute Gasteiger partial charge is 0.124 e. The Labute approximate surface area is 128 Å². The highest BCUT2D eigenvalue weighted by atomic mass is 79.9. The van der Waals surface area contributed by atoms with E-state index in [-0.39, 0.29) is 4.83 Å². The zero-order chi connectivity index (χ0) is 13.1. The second-order valence-electron chi connectivity index (χ2n) is 3.80. The maximum atomic E-state index is 5.90. The van der Waals surface area contributed by atoms with Crippen LogP contribution in [0.3, 0.4) is 0 Å². The molecule has 0 bridgehead atoms. The largest absolute Gasteiger partial charge is 0.496 e. The van der Waals surface area contributed by atoms with Gasteiger partial charge in [-0.2, -0.15) is 0 Å². The van der Waals surface area contributed by atoms with Crippen molar-refractivity contribution in [3.63, 3.8) is 0 Å². The van der Waals surface area contributed by atoms with Crippen molar-refractivity contribution in [1.82, 2.24) is 0 Å². The highest BCUT2D eigenvalue weighted by molar-refractivity contribution is 9.10. The molecule has 0 amide bonds. The topological polar surface area (TPSA) is 9.23 Å². The van der Waals surface area contributed by atoms with Gasteiger partial charge in [0.2, 0.25) is 0 Å². The molecule has 0 heterocycles. The molecule has 0 aliphatic heterocycles. The Morgan fingerprint density at radius 3 is 2.39 bits per heavy atom. The lowest BCUT2D eigenvalue weighted by atomic mass is 10.0. The number of alkyl halides is 1. The summed E-state index contributed by atoms with van der Waals surface area (Å²) in [6.45, 7) is 0. The molecule has 2 rings (SSSR count). The Bertz CT molecular complexity index is 540. The second kappa shape index (κ2) is 6.09. The van der Waals surface area contributed by atoms with Crippen molar-refractivity contribution in [2.24, 2.45) is 0 Å². The van der Waals surface area contributed by atoms with Crippen LogP contribution < -0.4 is 4.74 Å². The van der Waals surface area contributed by atoms with Crippen LogP contribution in [0, 0.1) is 0 Å². The summed E-state index contributed by atoms with van der Waals surface area (Å²) >= 11 is 13.0. The molecule has 0 N–H and O–H groups in total. The molecular weight excluding hydrogens is 379 g/mol. The van der Waals surface area contributed by atoms with Gasteiger partial charge in [0.05, 0.1) is 11.9 Å². The lowest BCUT2D eigenvalue weighted by Crippen LogP contribution is -1.97. The number of rotatable bonds is 3. The first-order valence-corrected chi connectivity index (χ1v) is 7.43. The minimum absolute atomic E-state index is 0.0813. The zero-order valence-corrected chi connectivity index (χ0v) is 13.6. The molecule has 0 radical (unpaired) electrons. The number of methoxy groups -OCH3 is 1. The van der Waals surface area contributed by atoms with Crippen LogP contribution >= 0.6 is 43.5 Å². The molecular formula is C14H11Br2ClO. The standard InChI is InChI=1S/C14H11Br2ClO/c1-18-13-8-10(15)4-7-12(13)14(16)9-2-5-11(17)6-3-9/h2-8,14H,1H3. The average Bonchev–Trinajstić information content (AvgIpc) is 2.38. The van der Waals surface area contributed by atoms with E-state index < -0.39 is 0 Å². The first-order chi connectivity index (χ1) is 8.61. The van der Waals surface area contributed by atoms with Gasteiger partial charge in [-0.3, -0.25) is 0 Å². The minimum Gasteiger partial charge on any atom is -0.496 e. The van der Waals surface area contributed by atoms with Gasteiger partial charge in [-0.05, 0) is 29.8 Å². The Morgan fingerprint density at radius 1 is 1.11 bits per heavy atom. The second-order valence-corrected chi connectivity index (χ2v) is 6.07. The quantitative estimate of drug-likeness (QED) is 0.620. The Kier molecular flexibility index (Phi) is 4.71. The zero-order valence-electron chi connectivity index (χ0n) is 9.66. The Hall–Kier alpha value is -0.510. The van der Waals surface area contributed by atoms with E-state index in [4.69, 9.17) is 16.3 Å². The maximum Gasteiger partial charge on any atom is 0.124 e. The van der Waals surface area contributed by atoms with E-state index in [0.29, 0.717) is 0 Å². The number of halogens is 3. The number of hydrogen-bond acceptors (Lipinski definition) is 1. The predicted octanol–water partition coefficient (Wildman–Crippen LogP) is 5.60. The molecule has 1 nitrogen and oxygen atoms in total. The van der Waals surface area contributed by atoms with Gasteiger partial charge in [0, 0.05) is 15.1 Å². The Morgan fingerprint density at radius 2 is 1.78 bits per heavy atom. The van der Waals surface area contributed by atoms with Crippen molar-refractivity contribution in [3.05, 3.63) is 63.1 Å². The average molecular weight is 391 g/mol. The first kappa shape index (κ1) is 13.9. The highest BCUT2D eigenvalue weighted by Crippen LogP contribution is 2.38. The molecule has 4 heteroatoms. The normalized spacial score (nSPS) is 12.2. The van der Waals surface area contributed by atoms with Gasteiger partial charge in [-0.15, -0.1) is 0 Å². The summed E-state index contributed by atoms with van der Waals surface area (Å²) in [5.41, 5.74) is 2.23. The van der Waals surface area contributed by atoms with E-state index in [2.05, 4.69) is 31.9 Å². The summed E-state index contributed by atoms with van der Waals surface area (Å²) in [4.78, 5) is 0.0813. The van der Waals surface area contributed by atoms with Gasteiger partial charge in [-0.1, -0.05) is 61.7 Å². The van der Waals surface area contributed by atoms with E-state index in [1.54, 1.807) is 7.11 Å². The van der Waals surface area contributed by atoms with Crippen LogP contribution in [0.4, 0.5) is 0 Å². The van der Waals surface area contributed by atoms with Gasteiger partial charge >= 0.3 is 0 Å². The van der Waals surface area contributed by atoms with Crippen LogP contribution in [0.5, 0.6) is 5.75 Å². The van der Waals surface area contributed by atoms with E-state index in [9.17, 15) is 0 Å². The summed E-state index contributed by atoms with van der Waals surface area (Å²) < 4.78 is 6.41. The molecule has 0 fully saturated rings. The SMILES string of the molecule is COc1cc(Br)ccc1C(Br)c1ccc(Cl)cc1. The number of benzene rings is 2. The van der Waals surface area contributed by atoms with Crippen LogP contribution in [0.2, 0.25) is 5.02 Å². The molecule has 2 aromatic rings. The molecule has 0 saturated heterocycles. The van der Waals surface area contributed by atoms with Crippen molar-refractivity contribution in [2.45, 2.75) is 4.83 Å². The molecule has 1 atom stereocenters. The molecule has 0 spiro atoms. The minimum atomic E-state index is 0.0813. The lowest BCUT2D eigenvalue weighted by Gasteiger charge is -2.15. The first-order valence-electron chi connectivity index (χ1n) is 5.35. The van der Waals surface area contributed by atoms with Crippen molar-refractivity contribution < 1.29 is 4.74 Å². The van der Waals surface area contributed by atoms with Gasteiger partial charge in [-0.25, -0.2) is 0 Å². The van der Waals surface area contributed by atoms with Crippen molar-refractivity contribution in [3.8, 4) is 5.75 Å². The van der Waals surface area contributed by atoms with Crippen LogP contribution in [0.1, 0.15) is 16.0 Å². The maximum absolute atomic E-state index is 5.90. The third-order valence-electron chi connectivity index (χ3n) is 2.63. The molecule has 18 heavy (non-hydrogen) atoms. The summed E-state index contributed by atoms with van der Waals surface area (Å²) in [5, 5.41) is 0.737. The fourth-order valence-electron chi connectivity index (χ4n) is 1.71. The third-order valence-corrected chi connectivity index (χ3v) is 4.40. The Balaban J connectivity index is 2.39. The summed E-state index contributed by atoms with van der Waals surface area (Å²) in [7, 11) is 1.67. The number of ether oxygens (including phenoxy) is 1. The molecule has 94 valence electrons. The molecule has 2 aromatic carbocycles. The van der Waals surface area contributed by atoms with Crippen molar-refractivity contribution >= 4 is 43.5 Å². The van der Waals surface area contributed by atoms with Crippen LogP contribution in [-0.4, -0.2) is 7.11 Å². The van der Waals surface area contributed by atoms with Gasteiger partial charge in [0.25, 0.3) is 0 Å². The van der Waals surface area contributed by atoms with Gasteiger partial charge in [0.1, 0.15) is 5.75 Å². The lowest BCUT2D eigenvalue weighted by molar-refractivity contribution is 0.410. The third kappa shape index (κ3) is 3.08. The fourth-order valence-corrected chi connectivity index (χ4v) is 2.86. The number of hydrogen-bond donors (Lipinski definition) is 0. The van der Waals surface area contributed by atoms with E-state index in [1.807, 2.05) is 42.5 Å². The van der Waals surface area contributed by atoms with E-state index in [1.165, 1.54) is 0 Å². The highest BCUT2D eigenvalue weighted by Gasteiger charge is 2.15. The van der Waals surface area contributed by atoms with E-state index >= 15 is 0 Å². The van der Waals surface area contributed by atoms with Crippen LogP contribution in [0.25, 0.3) is 0 Å². The van der Waals surface area contributed by atoms with Gasteiger partial charge < -0.3 is 4.74 Å². The van der Waals surface area contributed by atoms with Crippen molar-refractivity contribution in [2.75, 3.05) is 7.11 Å². The fraction of sp³-hybridized carbons (Fsp3) is 0.143. The molecule has 0 saturated carbocycles.